The lowest BCUT2D eigenvalue weighted by Gasteiger charge is -2.13. The molecule has 0 saturated carbocycles. The van der Waals surface area contributed by atoms with Crippen LogP contribution in [0.15, 0.2) is 85.9 Å². The van der Waals surface area contributed by atoms with Crippen molar-refractivity contribution < 1.29 is 4.79 Å². The molecule has 33 heavy (non-hydrogen) atoms. The maximum atomic E-state index is 13.3. The summed E-state index contributed by atoms with van der Waals surface area (Å²) >= 11 is 4.58. The van der Waals surface area contributed by atoms with E-state index in [4.69, 9.17) is 0 Å². The molecule has 0 aliphatic carbocycles. The van der Waals surface area contributed by atoms with Crippen LogP contribution < -0.4 is 16.6 Å². The molecule has 2 aromatic heterocycles. The zero-order valence-corrected chi connectivity index (χ0v) is 19.4. The minimum Gasteiger partial charge on any atom is -0.325 e. The van der Waals surface area contributed by atoms with Crippen LogP contribution in [0.5, 0.6) is 0 Å². The number of anilines is 1. The number of hydrogen-bond donors (Lipinski definition) is 3. The van der Waals surface area contributed by atoms with E-state index in [-0.39, 0.29) is 22.9 Å². The van der Waals surface area contributed by atoms with Gasteiger partial charge in [-0.05, 0) is 48.5 Å². The summed E-state index contributed by atoms with van der Waals surface area (Å²) in [7, 11) is 0. The Morgan fingerprint density at radius 1 is 1.00 bits per heavy atom. The van der Waals surface area contributed by atoms with Gasteiger partial charge in [-0.25, -0.2) is 9.78 Å². The Hall–Kier alpha value is -3.63. The summed E-state index contributed by atoms with van der Waals surface area (Å²) in [5, 5.41) is 3.72. The Morgan fingerprint density at radius 3 is 2.61 bits per heavy atom. The van der Waals surface area contributed by atoms with Crippen LogP contribution in [0, 0.1) is 0 Å². The Labute approximate surface area is 199 Å². The lowest BCUT2D eigenvalue weighted by Crippen LogP contribution is -2.23. The number of fused-ring (bicyclic) bond motifs is 2. The van der Waals surface area contributed by atoms with Gasteiger partial charge in [-0.3, -0.25) is 14.2 Å². The number of nitrogens with one attached hydrogen (secondary N) is 3. The molecule has 0 aliphatic rings. The molecule has 5 aromatic rings. The Morgan fingerprint density at radius 2 is 1.79 bits per heavy atom. The van der Waals surface area contributed by atoms with Crippen molar-refractivity contribution in [3.8, 4) is 5.69 Å². The third-order valence-corrected chi connectivity index (χ3v) is 6.38. The Bertz CT molecular complexity index is 1620. The largest absolute Gasteiger partial charge is 0.325 e. The number of nitrogens with zero attached hydrogens (tertiary/aromatic N) is 2. The first-order valence-corrected chi connectivity index (χ1v) is 11.7. The molecule has 0 atom stereocenters. The molecule has 5 rings (SSSR count). The molecule has 0 bridgehead atoms. The van der Waals surface area contributed by atoms with Crippen molar-refractivity contribution in [2.45, 2.75) is 5.16 Å². The summed E-state index contributed by atoms with van der Waals surface area (Å²) in [6.07, 6.45) is 0. The van der Waals surface area contributed by atoms with E-state index in [9.17, 15) is 14.4 Å². The van der Waals surface area contributed by atoms with Crippen molar-refractivity contribution in [1.29, 1.82) is 0 Å². The van der Waals surface area contributed by atoms with Crippen LogP contribution in [-0.4, -0.2) is 31.2 Å². The van der Waals surface area contributed by atoms with Crippen molar-refractivity contribution in [3.63, 3.8) is 0 Å². The van der Waals surface area contributed by atoms with E-state index in [0.29, 0.717) is 38.5 Å². The molecule has 2 heterocycles. The smallest absolute Gasteiger partial charge is 0.323 e. The first-order chi connectivity index (χ1) is 16.0. The molecule has 3 N–H and O–H groups in total. The molecule has 0 unspecified atom stereocenters. The average Bonchev–Trinajstić information content (AvgIpc) is 3.18. The van der Waals surface area contributed by atoms with Gasteiger partial charge in [0.05, 0.1) is 33.4 Å². The summed E-state index contributed by atoms with van der Waals surface area (Å²) in [6.45, 7) is 0. The minimum absolute atomic E-state index is 0.0446. The van der Waals surface area contributed by atoms with Crippen LogP contribution in [-0.2, 0) is 4.79 Å². The van der Waals surface area contributed by atoms with Crippen LogP contribution >= 0.6 is 27.7 Å². The van der Waals surface area contributed by atoms with Crippen molar-refractivity contribution in [2.75, 3.05) is 11.1 Å². The highest BCUT2D eigenvalue weighted by Gasteiger charge is 2.15. The van der Waals surface area contributed by atoms with Gasteiger partial charge in [0.25, 0.3) is 5.56 Å². The highest BCUT2D eigenvalue weighted by atomic mass is 79.9. The van der Waals surface area contributed by atoms with E-state index in [1.54, 1.807) is 30.3 Å². The van der Waals surface area contributed by atoms with Crippen LogP contribution in [0.1, 0.15) is 0 Å². The van der Waals surface area contributed by atoms with E-state index in [1.165, 1.54) is 16.3 Å². The molecule has 0 saturated heterocycles. The maximum Gasteiger partial charge on any atom is 0.323 e. The third kappa shape index (κ3) is 4.35. The monoisotopic (exact) mass is 521 g/mol. The van der Waals surface area contributed by atoms with Gasteiger partial charge < -0.3 is 15.3 Å². The Balaban J connectivity index is 1.45. The number of hydrogen-bond acceptors (Lipinski definition) is 5. The van der Waals surface area contributed by atoms with E-state index in [1.807, 2.05) is 36.4 Å². The summed E-state index contributed by atoms with van der Waals surface area (Å²) in [4.78, 5) is 47.4. The molecule has 0 radical (unpaired) electrons. The number of amides is 1. The van der Waals surface area contributed by atoms with Crippen molar-refractivity contribution in [1.82, 2.24) is 19.5 Å². The number of carbonyl (C=O) groups excluding carboxylic acids is 1. The molecule has 0 fully saturated rings. The first-order valence-electron chi connectivity index (χ1n) is 9.90. The molecule has 0 aliphatic heterocycles. The summed E-state index contributed by atoms with van der Waals surface area (Å²) in [5.41, 5.74) is 2.52. The number of carbonyl (C=O) groups is 1. The molecule has 164 valence electrons. The van der Waals surface area contributed by atoms with Crippen molar-refractivity contribution >= 4 is 61.2 Å². The summed E-state index contributed by atoms with van der Waals surface area (Å²) in [6, 6.07) is 19.6. The van der Waals surface area contributed by atoms with Crippen LogP contribution in [0.4, 0.5) is 5.69 Å². The zero-order chi connectivity index (χ0) is 22.9. The normalized spacial score (nSPS) is 11.2. The minimum atomic E-state index is -0.308. The predicted octanol–water partition coefficient (Wildman–Crippen LogP) is 4.05. The molecular formula is C23H16BrN5O3S. The van der Waals surface area contributed by atoms with E-state index in [0.717, 1.165) is 4.47 Å². The highest BCUT2D eigenvalue weighted by Crippen LogP contribution is 2.23. The second-order valence-corrected chi connectivity index (χ2v) is 9.07. The number of rotatable bonds is 5. The van der Waals surface area contributed by atoms with Gasteiger partial charge in [-0.2, -0.15) is 0 Å². The van der Waals surface area contributed by atoms with E-state index in [2.05, 4.69) is 36.2 Å². The lowest BCUT2D eigenvalue weighted by atomic mass is 10.2. The number of H-pyrrole nitrogens is 2. The van der Waals surface area contributed by atoms with Crippen molar-refractivity contribution in [3.05, 3.63) is 92.0 Å². The lowest BCUT2D eigenvalue weighted by molar-refractivity contribution is -0.113. The topological polar surface area (TPSA) is 113 Å². The fourth-order valence-corrected chi connectivity index (χ4v) is 4.65. The fourth-order valence-electron chi connectivity index (χ4n) is 3.48. The first kappa shape index (κ1) is 21.2. The summed E-state index contributed by atoms with van der Waals surface area (Å²) < 4.78 is 2.30. The standard InChI is InChI=1S/C23H16BrN5O3S/c24-13-6-8-17-16(10-13)21(31)29(15-4-2-1-3-5-15)23(28-17)33-12-20(30)25-14-7-9-18-19(11-14)27-22(32)26-18/h1-11H,12H2,(H,25,30)(H2,26,27,32). The van der Waals surface area contributed by atoms with Gasteiger partial charge in [-0.1, -0.05) is 45.9 Å². The molecular weight excluding hydrogens is 506 g/mol. The molecule has 0 spiro atoms. The third-order valence-electron chi connectivity index (χ3n) is 4.95. The summed E-state index contributed by atoms with van der Waals surface area (Å²) in [5.74, 6) is -0.217. The Kier molecular flexibility index (Phi) is 5.61. The number of aromatic nitrogens is 4. The molecule has 10 heteroatoms. The number of para-hydroxylation sites is 1. The van der Waals surface area contributed by atoms with Gasteiger partial charge in [0.1, 0.15) is 0 Å². The average molecular weight is 522 g/mol. The van der Waals surface area contributed by atoms with Gasteiger partial charge in [0.15, 0.2) is 5.16 Å². The molecule has 1 amide bonds. The highest BCUT2D eigenvalue weighted by molar-refractivity contribution is 9.10. The van der Waals surface area contributed by atoms with Gasteiger partial charge in [-0.15, -0.1) is 0 Å². The molecule has 3 aromatic carbocycles. The van der Waals surface area contributed by atoms with Crippen LogP contribution in [0.25, 0.3) is 27.6 Å². The zero-order valence-electron chi connectivity index (χ0n) is 17.0. The second-order valence-electron chi connectivity index (χ2n) is 7.21. The predicted molar refractivity (Wildman–Crippen MR) is 133 cm³/mol. The maximum absolute atomic E-state index is 13.3. The number of halogens is 1. The van der Waals surface area contributed by atoms with Crippen LogP contribution in [0.3, 0.4) is 0 Å². The number of benzene rings is 3. The number of aromatic amines is 2. The quantitative estimate of drug-likeness (QED) is 0.238. The fraction of sp³-hybridized carbons (Fsp3) is 0.0435. The number of imidazole rings is 1. The van der Waals surface area contributed by atoms with Crippen molar-refractivity contribution in [2.24, 2.45) is 0 Å². The molecule has 8 nitrogen and oxygen atoms in total. The van der Waals surface area contributed by atoms with Crippen LogP contribution in [0.2, 0.25) is 0 Å². The second kappa shape index (κ2) is 8.72. The SMILES string of the molecule is O=C(CSc1nc2ccc(Br)cc2c(=O)n1-c1ccccc1)Nc1ccc2[nH]c(=O)[nH]c2c1. The van der Waals surface area contributed by atoms with Gasteiger partial charge in [0, 0.05) is 10.2 Å². The van der Waals surface area contributed by atoms with E-state index < -0.39 is 0 Å². The van der Waals surface area contributed by atoms with Gasteiger partial charge in [0.2, 0.25) is 5.91 Å². The van der Waals surface area contributed by atoms with Gasteiger partial charge >= 0.3 is 5.69 Å². The number of thioether (sulfide) groups is 1. The van der Waals surface area contributed by atoms with E-state index >= 15 is 0 Å².